The first-order valence-electron chi connectivity index (χ1n) is 6.52. The van der Waals surface area contributed by atoms with E-state index >= 15 is 0 Å². The molecule has 0 radical (unpaired) electrons. The van der Waals surface area contributed by atoms with Crippen molar-refractivity contribution in [2.24, 2.45) is 5.92 Å². The molecule has 0 aliphatic heterocycles. The van der Waals surface area contributed by atoms with E-state index < -0.39 is 10.8 Å². The summed E-state index contributed by atoms with van der Waals surface area (Å²) in [6.45, 7) is 0.705. The number of hydrogen-bond acceptors (Lipinski definition) is 3. The van der Waals surface area contributed by atoms with Gasteiger partial charge in [-0.15, -0.1) is 0 Å². The van der Waals surface area contributed by atoms with Crippen LogP contribution in [0.3, 0.4) is 0 Å². The molecule has 6 heteroatoms. The summed E-state index contributed by atoms with van der Waals surface area (Å²) in [5.41, 5.74) is 0.758. The van der Waals surface area contributed by atoms with E-state index in [4.69, 9.17) is 16.3 Å². The van der Waals surface area contributed by atoms with Gasteiger partial charge in [-0.2, -0.15) is 0 Å². The van der Waals surface area contributed by atoms with E-state index in [0.717, 1.165) is 5.56 Å². The van der Waals surface area contributed by atoms with Crippen LogP contribution >= 0.6 is 11.6 Å². The van der Waals surface area contributed by atoms with Crippen LogP contribution in [0.5, 0.6) is 5.75 Å². The van der Waals surface area contributed by atoms with E-state index in [1.807, 2.05) is 0 Å². The van der Waals surface area contributed by atoms with Crippen molar-refractivity contribution in [3.05, 3.63) is 28.8 Å². The van der Waals surface area contributed by atoms with Crippen molar-refractivity contribution in [3.8, 4) is 5.75 Å². The van der Waals surface area contributed by atoms with Crippen molar-refractivity contribution < 1.29 is 13.7 Å². The van der Waals surface area contributed by atoms with Crippen LogP contribution in [0.15, 0.2) is 18.2 Å². The largest absolute Gasteiger partial charge is 0.496 e. The molecule has 2 rings (SSSR count). The highest BCUT2D eigenvalue weighted by molar-refractivity contribution is 7.84. The zero-order chi connectivity index (χ0) is 14.5. The highest BCUT2D eigenvalue weighted by Crippen LogP contribution is 2.27. The zero-order valence-corrected chi connectivity index (χ0v) is 12.9. The van der Waals surface area contributed by atoms with Gasteiger partial charge >= 0.3 is 0 Å². The fourth-order valence-corrected chi connectivity index (χ4v) is 3.13. The van der Waals surface area contributed by atoms with Gasteiger partial charge in [0.25, 0.3) is 0 Å². The molecule has 0 saturated heterocycles. The Morgan fingerprint density at radius 3 is 2.90 bits per heavy atom. The molecule has 4 nitrogen and oxygen atoms in total. The first kappa shape index (κ1) is 15.3. The number of rotatable bonds is 7. The van der Waals surface area contributed by atoms with Gasteiger partial charge in [0.2, 0.25) is 5.91 Å². The predicted molar refractivity (Wildman–Crippen MR) is 80.5 cm³/mol. The van der Waals surface area contributed by atoms with Crippen molar-refractivity contribution in [2.45, 2.75) is 18.6 Å². The van der Waals surface area contributed by atoms with Crippen LogP contribution in [0.25, 0.3) is 0 Å². The maximum absolute atomic E-state index is 12.0. The third-order valence-electron chi connectivity index (χ3n) is 3.14. The maximum Gasteiger partial charge on any atom is 0.232 e. The quantitative estimate of drug-likeness (QED) is 0.838. The SMILES string of the molecule is COc1ccc(Cl)cc1C[S@@](=O)CC(=O)NCC1CC1. The zero-order valence-electron chi connectivity index (χ0n) is 11.4. The van der Waals surface area contributed by atoms with Crippen molar-refractivity contribution in [3.63, 3.8) is 0 Å². The van der Waals surface area contributed by atoms with E-state index in [1.165, 1.54) is 12.8 Å². The van der Waals surface area contributed by atoms with Gasteiger partial charge in [0.1, 0.15) is 11.5 Å². The molecule has 1 amide bonds. The van der Waals surface area contributed by atoms with Crippen LogP contribution in [-0.2, 0) is 21.3 Å². The van der Waals surface area contributed by atoms with E-state index in [2.05, 4.69) is 5.32 Å². The summed E-state index contributed by atoms with van der Waals surface area (Å²) in [5, 5.41) is 3.38. The van der Waals surface area contributed by atoms with Crippen LogP contribution in [-0.4, -0.2) is 29.5 Å². The standard InChI is InChI=1S/C14H18ClNO3S/c1-19-13-5-4-12(15)6-11(13)8-20(18)9-14(17)16-7-10-2-3-10/h4-6,10H,2-3,7-9H2,1H3,(H,16,17)/t20-/m1/s1. The number of benzene rings is 1. The summed E-state index contributed by atoms with van der Waals surface area (Å²) in [6.07, 6.45) is 2.37. The van der Waals surface area contributed by atoms with Crippen molar-refractivity contribution >= 4 is 28.3 Å². The highest BCUT2D eigenvalue weighted by atomic mass is 35.5. The molecule has 110 valence electrons. The van der Waals surface area contributed by atoms with Crippen LogP contribution in [0.1, 0.15) is 18.4 Å². The third-order valence-corrected chi connectivity index (χ3v) is 4.59. The average molecular weight is 316 g/mol. The second kappa shape index (κ2) is 7.09. The summed E-state index contributed by atoms with van der Waals surface area (Å²) >= 11 is 5.92. The van der Waals surface area contributed by atoms with E-state index in [0.29, 0.717) is 23.2 Å². The van der Waals surface area contributed by atoms with Crippen molar-refractivity contribution in [2.75, 3.05) is 19.4 Å². The van der Waals surface area contributed by atoms with Gasteiger partial charge in [-0.1, -0.05) is 11.6 Å². The van der Waals surface area contributed by atoms with Crippen LogP contribution in [0.2, 0.25) is 5.02 Å². The van der Waals surface area contributed by atoms with Gasteiger partial charge in [0.05, 0.1) is 12.9 Å². The first-order valence-corrected chi connectivity index (χ1v) is 8.39. The molecule has 1 aliphatic rings. The van der Waals surface area contributed by atoms with E-state index in [-0.39, 0.29) is 17.4 Å². The molecule has 1 aromatic carbocycles. The van der Waals surface area contributed by atoms with Crippen LogP contribution in [0, 0.1) is 5.92 Å². The normalized spacial score (nSPS) is 15.7. The summed E-state index contributed by atoms with van der Waals surface area (Å²) < 4.78 is 17.2. The molecular weight excluding hydrogens is 298 g/mol. The highest BCUT2D eigenvalue weighted by Gasteiger charge is 2.22. The van der Waals surface area contributed by atoms with E-state index in [1.54, 1.807) is 25.3 Å². The topological polar surface area (TPSA) is 55.4 Å². The number of halogens is 1. The second-order valence-electron chi connectivity index (χ2n) is 4.93. The third kappa shape index (κ3) is 4.80. The molecule has 0 spiro atoms. The number of ether oxygens (including phenoxy) is 1. The molecule has 0 bridgehead atoms. The Morgan fingerprint density at radius 1 is 1.50 bits per heavy atom. The second-order valence-corrected chi connectivity index (χ2v) is 6.83. The molecule has 1 aliphatic carbocycles. The molecule has 1 aromatic rings. The Bertz CT molecular complexity index is 517. The molecule has 0 heterocycles. The van der Waals surface area contributed by atoms with Gasteiger partial charge in [-0.25, -0.2) is 0 Å². The maximum atomic E-state index is 12.0. The first-order chi connectivity index (χ1) is 9.58. The number of methoxy groups -OCH3 is 1. The lowest BCUT2D eigenvalue weighted by Crippen LogP contribution is -2.30. The monoisotopic (exact) mass is 315 g/mol. The summed E-state index contributed by atoms with van der Waals surface area (Å²) in [7, 11) is 0.287. The van der Waals surface area contributed by atoms with Crippen molar-refractivity contribution in [1.29, 1.82) is 0 Å². The average Bonchev–Trinajstić information content (AvgIpc) is 3.20. The Hall–Kier alpha value is -1.07. The molecule has 0 unspecified atom stereocenters. The van der Waals surface area contributed by atoms with Gasteiger partial charge in [-0.3, -0.25) is 9.00 Å². The fourth-order valence-electron chi connectivity index (χ4n) is 1.86. The van der Waals surface area contributed by atoms with Gasteiger partial charge in [-0.05, 0) is 37.0 Å². The Labute approximate surface area is 126 Å². The lowest BCUT2D eigenvalue weighted by molar-refractivity contribution is -0.118. The molecule has 20 heavy (non-hydrogen) atoms. The molecule has 1 fully saturated rings. The molecule has 0 aromatic heterocycles. The number of hydrogen-bond donors (Lipinski definition) is 1. The van der Waals surface area contributed by atoms with Crippen LogP contribution in [0.4, 0.5) is 0 Å². The number of carbonyl (C=O) groups is 1. The minimum atomic E-state index is -1.27. The molecule has 1 N–H and O–H groups in total. The minimum Gasteiger partial charge on any atom is -0.496 e. The van der Waals surface area contributed by atoms with Gasteiger partial charge < -0.3 is 10.1 Å². The smallest absolute Gasteiger partial charge is 0.232 e. The molecule has 1 saturated carbocycles. The van der Waals surface area contributed by atoms with E-state index in [9.17, 15) is 9.00 Å². The Balaban J connectivity index is 1.86. The summed E-state index contributed by atoms with van der Waals surface area (Å²) in [5.74, 6) is 1.39. The minimum absolute atomic E-state index is 0.0163. The number of amides is 1. The lowest BCUT2D eigenvalue weighted by Gasteiger charge is -2.09. The van der Waals surface area contributed by atoms with Crippen LogP contribution < -0.4 is 10.1 Å². The number of carbonyl (C=O) groups excluding carboxylic acids is 1. The van der Waals surface area contributed by atoms with Gasteiger partial charge in [0, 0.05) is 27.9 Å². The molecule has 1 atom stereocenters. The fraction of sp³-hybridized carbons (Fsp3) is 0.500. The predicted octanol–water partition coefficient (Wildman–Crippen LogP) is 2.12. The van der Waals surface area contributed by atoms with Gasteiger partial charge in [0.15, 0.2) is 0 Å². The summed E-state index contributed by atoms with van der Waals surface area (Å²) in [4.78, 5) is 11.6. The number of nitrogens with one attached hydrogen (secondary N) is 1. The Morgan fingerprint density at radius 2 is 2.25 bits per heavy atom. The Kier molecular flexibility index (Phi) is 5.43. The van der Waals surface area contributed by atoms with Crippen molar-refractivity contribution in [1.82, 2.24) is 5.32 Å². The summed E-state index contributed by atoms with van der Waals surface area (Å²) in [6, 6.07) is 5.18. The lowest BCUT2D eigenvalue weighted by atomic mass is 10.2. The molecular formula is C14H18ClNO3S.